The molecule has 1 aliphatic rings. The quantitative estimate of drug-likeness (QED) is 0.194. The van der Waals surface area contributed by atoms with Gasteiger partial charge >= 0.3 is 0 Å². The number of furan rings is 1. The molecule has 40 heavy (non-hydrogen) atoms. The number of aromatic nitrogens is 1. The molecule has 0 saturated carbocycles. The number of thiophene rings is 1. The fourth-order valence-electron chi connectivity index (χ4n) is 6.57. The number of fused-ring (bicyclic) bond motifs is 10. The minimum atomic E-state index is 0.894. The molecule has 0 fully saturated rings. The molecule has 0 N–H and O–H groups in total. The van der Waals surface area contributed by atoms with E-state index in [1.807, 2.05) is 17.4 Å². The Labute approximate surface area is 242 Å². The van der Waals surface area contributed by atoms with E-state index in [0.717, 1.165) is 44.8 Å². The molecule has 190 valence electrons. The van der Waals surface area contributed by atoms with Crippen molar-refractivity contribution in [3.63, 3.8) is 0 Å². The molecule has 0 spiro atoms. The molecular formula is C36H22BrNOS. The van der Waals surface area contributed by atoms with Crippen molar-refractivity contribution in [1.82, 2.24) is 4.57 Å². The zero-order valence-electron chi connectivity index (χ0n) is 21.4. The molecule has 0 bridgehead atoms. The van der Waals surface area contributed by atoms with Crippen LogP contribution >= 0.6 is 27.3 Å². The monoisotopic (exact) mass is 595 g/mol. The SMILES string of the molecule is Brc1cccc2c1oc1c(-c3ccc4c(c3)c3c5sc6c(c5ccc3n4-c3ccccc3)CCC=C6)cccc12. The molecule has 0 saturated heterocycles. The highest BCUT2D eigenvalue weighted by atomic mass is 79.9. The van der Waals surface area contributed by atoms with E-state index in [0.29, 0.717) is 0 Å². The summed E-state index contributed by atoms with van der Waals surface area (Å²) in [5, 5.41) is 6.29. The number of hydrogen-bond acceptors (Lipinski definition) is 2. The van der Waals surface area contributed by atoms with Crippen LogP contribution in [0.4, 0.5) is 0 Å². The van der Waals surface area contributed by atoms with Crippen LogP contribution in [-0.2, 0) is 6.42 Å². The Morgan fingerprint density at radius 1 is 0.725 bits per heavy atom. The topological polar surface area (TPSA) is 18.1 Å². The number of nitrogens with zero attached hydrogens (tertiary/aromatic N) is 1. The van der Waals surface area contributed by atoms with Gasteiger partial charge in [-0.25, -0.2) is 0 Å². The van der Waals surface area contributed by atoms with E-state index in [2.05, 4.69) is 124 Å². The standard InChI is InChI=1S/C36H22BrNOS/c37-29-14-7-13-26-25-12-6-11-23(34(25)39-35(26)29)21-16-18-30-28(20-21)33-31(38(30)22-8-2-1-3-9-22)19-17-27-24-10-4-5-15-32(24)40-36(27)33/h1-3,5-9,11-20H,4,10H2. The summed E-state index contributed by atoms with van der Waals surface area (Å²) in [4.78, 5) is 1.41. The Hall–Kier alpha value is -4.12. The average Bonchev–Trinajstić information content (AvgIpc) is 3.67. The molecule has 0 unspecified atom stereocenters. The van der Waals surface area contributed by atoms with Crippen molar-refractivity contribution in [2.45, 2.75) is 12.8 Å². The zero-order chi connectivity index (χ0) is 26.4. The van der Waals surface area contributed by atoms with Gasteiger partial charge in [-0.1, -0.05) is 66.7 Å². The lowest BCUT2D eigenvalue weighted by atomic mass is 9.98. The molecule has 0 amide bonds. The van der Waals surface area contributed by atoms with Crippen molar-refractivity contribution in [3.05, 3.63) is 118 Å². The third-order valence-electron chi connectivity index (χ3n) is 8.35. The molecule has 3 heterocycles. The van der Waals surface area contributed by atoms with E-state index in [1.165, 1.54) is 53.6 Å². The summed E-state index contributed by atoms with van der Waals surface area (Å²) in [5.41, 5.74) is 9.25. The van der Waals surface area contributed by atoms with Gasteiger partial charge in [-0.3, -0.25) is 0 Å². The predicted octanol–water partition coefficient (Wildman–Crippen LogP) is 11.3. The van der Waals surface area contributed by atoms with Gasteiger partial charge < -0.3 is 8.98 Å². The molecule has 0 radical (unpaired) electrons. The van der Waals surface area contributed by atoms with Gasteiger partial charge in [0.15, 0.2) is 0 Å². The van der Waals surface area contributed by atoms with E-state index in [4.69, 9.17) is 4.42 Å². The predicted molar refractivity (Wildman–Crippen MR) is 174 cm³/mol. The second-order valence-corrected chi connectivity index (χ2v) is 12.4. The molecule has 0 atom stereocenters. The Bertz CT molecular complexity index is 2330. The lowest BCUT2D eigenvalue weighted by Gasteiger charge is -2.08. The number of hydrogen-bond donors (Lipinski definition) is 0. The Morgan fingerprint density at radius 3 is 2.45 bits per heavy atom. The normalized spacial score (nSPS) is 13.3. The fraction of sp³-hybridized carbons (Fsp3) is 0.0556. The first-order chi connectivity index (χ1) is 19.8. The van der Waals surface area contributed by atoms with Crippen molar-refractivity contribution < 1.29 is 4.42 Å². The van der Waals surface area contributed by atoms with Crippen LogP contribution < -0.4 is 0 Å². The largest absolute Gasteiger partial charge is 0.454 e. The highest BCUT2D eigenvalue weighted by molar-refractivity contribution is 9.10. The number of para-hydroxylation sites is 3. The molecule has 3 aromatic heterocycles. The molecule has 4 heteroatoms. The second-order valence-electron chi connectivity index (χ2n) is 10.5. The van der Waals surface area contributed by atoms with Crippen LogP contribution in [-0.4, -0.2) is 4.57 Å². The lowest BCUT2D eigenvalue weighted by Crippen LogP contribution is -1.93. The van der Waals surface area contributed by atoms with E-state index >= 15 is 0 Å². The maximum Gasteiger partial charge on any atom is 0.149 e. The Kier molecular flexibility index (Phi) is 4.78. The van der Waals surface area contributed by atoms with Gasteiger partial charge in [0, 0.05) is 42.4 Å². The van der Waals surface area contributed by atoms with Gasteiger partial charge in [0.05, 0.1) is 15.5 Å². The summed E-state index contributed by atoms with van der Waals surface area (Å²) in [6.07, 6.45) is 6.86. The van der Waals surface area contributed by atoms with Gasteiger partial charge in [0.25, 0.3) is 0 Å². The molecule has 8 aromatic rings. The van der Waals surface area contributed by atoms with Gasteiger partial charge in [-0.15, -0.1) is 11.3 Å². The van der Waals surface area contributed by atoms with E-state index in [9.17, 15) is 0 Å². The van der Waals surface area contributed by atoms with Gasteiger partial charge in [0.1, 0.15) is 11.2 Å². The highest BCUT2D eigenvalue weighted by Gasteiger charge is 2.21. The number of allylic oxidation sites excluding steroid dienone is 1. The summed E-state index contributed by atoms with van der Waals surface area (Å²) in [6, 6.07) is 35.0. The van der Waals surface area contributed by atoms with Gasteiger partial charge in [-0.05, 0) is 87.8 Å². The fourth-order valence-corrected chi connectivity index (χ4v) is 8.36. The third-order valence-corrected chi connectivity index (χ3v) is 10.2. The van der Waals surface area contributed by atoms with Crippen LogP contribution in [0, 0.1) is 0 Å². The third kappa shape index (κ3) is 3.09. The average molecular weight is 597 g/mol. The smallest absolute Gasteiger partial charge is 0.149 e. The van der Waals surface area contributed by atoms with E-state index < -0.39 is 0 Å². The van der Waals surface area contributed by atoms with Crippen LogP contribution in [0.3, 0.4) is 0 Å². The second kappa shape index (κ2) is 8.44. The van der Waals surface area contributed by atoms with Crippen molar-refractivity contribution >= 4 is 87.2 Å². The van der Waals surface area contributed by atoms with Gasteiger partial charge in [0.2, 0.25) is 0 Å². The number of halogens is 1. The minimum Gasteiger partial charge on any atom is -0.454 e. The summed E-state index contributed by atoms with van der Waals surface area (Å²) in [6.45, 7) is 0. The zero-order valence-corrected chi connectivity index (χ0v) is 23.9. The highest BCUT2D eigenvalue weighted by Crippen LogP contribution is 2.45. The summed E-state index contributed by atoms with van der Waals surface area (Å²) >= 11 is 5.62. The minimum absolute atomic E-state index is 0.894. The lowest BCUT2D eigenvalue weighted by molar-refractivity contribution is 0.668. The molecule has 1 aliphatic carbocycles. The number of rotatable bonds is 2. The van der Waals surface area contributed by atoms with Crippen molar-refractivity contribution in [1.29, 1.82) is 0 Å². The molecule has 0 aliphatic heterocycles. The summed E-state index contributed by atoms with van der Waals surface area (Å²) in [7, 11) is 0. The Balaban J connectivity index is 1.40. The van der Waals surface area contributed by atoms with Crippen LogP contribution in [0.2, 0.25) is 0 Å². The van der Waals surface area contributed by atoms with E-state index in [1.54, 1.807) is 0 Å². The summed E-state index contributed by atoms with van der Waals surface area (Å²) < 4.78 is 11.3. The van der Waals surface area contributed by atoms with Crippen molar-refractivity contribution in [2.24, 2.45) is 0 Å². The van der Waals surface area contributed by atoms with Crippen molar-refractivity contribution in [3.8, 4) is 16.8 Å². The Morgan fingerprint density at radius 2 is 1.55 bits per heavy atom. The van der Waals surface area contributed by atoms with Crippen LogP contribution in [0.1, 0.15) is 16.9 Å². The first kappa shape index (κ1) is 22.7. The first-order valence-electron chi connectivity index (χ1n) is 13.6. The molecule has 2 nitrogen and oxygen atoms in total. The van der Waals surface area contributed by atoms with Crippen LogP contribution in [0.15, 0.2) is 112 Å². The van der Waals surface area contributed by atoms with Crippen LogP contribution in [0.5, 0.6) is 0 Å². The first-order valence-corrected chi connectivity index (χ1v) is 15.2. The number of aryl methyl sites for hydroxylation is 1. The van der Waals surface area contributed by atoms with Gasteiger partial charge in [-0.2, -0.15) is 0 Å². The van der Waals surface area contributed by atoms with E-state index in [-0.39, 0.29) is 0 Å². The summed E-state index contributed by atoms with van der Waals surface area (Å²) in [5.74, 6) is 0. The molecular weight excluding hydrogens is 574 g/mol. The maximum absolute atomic E-state index is 6.51. The van der Waals surface area contributed by atoms with Crippen LogP contribution in [0.25, 0.3) is 76.7 Å². The maximum atomic E-state index is 6.51. The molecule has 5 aromatic carbocycles. The van der Waals surface area contributed by atoms with Crippen molar-refractivity contribution in [2.75, 3.05) is 0 Å². The molecule has 9 rings (SSSR count). The number of benzene rings is 5.